The second-order valence-corrected chi connectivity index (χ2v) is 4.54. The molecule has 104 valence electrons. The van der Waals surface area contributed by atoms with Gasteiger partial charge in [-0.05, 0) is 29.3 Å². The average Bonchev–Trinajstić information content (AvgIpc) is 2.46. The zero-order valence-electron chi connectivity index (χ0n) is 10.5. The van der Waals surface area contributed by atoms with Crippen molar-refractivity contribution < 1.29 is 13.6 Å². The predicted molar refractivity (Wildman–Crippen MR) is 75.2 cm³/mol. The first kappa shape index (κ1) is 14.5. The van der Waals surface area contributed by atoms with Gasteiger partial charge in [0.15, 0.2) is 0 Å². The molecule has 2 aromatic carbocycles. The Morgan fingerprint density at radius 1 is 1.15 bits per heavy atom. The number of oxime groups is 1. The van der Waals surface area contributed by atoms with Gasteiger partial charge < -0.3 is 4.84 Å². The molecule has 0 atom stereocenters. The number of hydrogen-bond donors (Lipinski definition) is 0. The van der Waals surface area contributed by atoms with Crippen molar-refractivity contribution in [1.29, 1.82) is 0 Å². The SMILES string of the molecule is FC(F)c1cccc(C=NOCc2ccc(Cl)cc2)c1. The van der Waals surface area contributed by atoms with Gasteiger partial charge in [-0.2, -0.15) is 0 Å². The summed E-state index contributed by atoms with van der Waals surface area (Å²) in [5, 5.41) is 4.41. The van der Waals surface area contributed by atoms with Crippen LogP contribution in [-0.4, -0.2) is 6.21 Å². The van der Waals surface area contributed by atoms with Gasteiger partial charge in [-0.15, -0.1) is 0 Å². The molecule has 0 aliphatic rings. The van der Waals surface area contributed by atoms with Crippen LogP contribution >= 0.6 is 11.6 Å². The minimum absolute atomic E-state index is 0.0355. The topological polar surface area (TPSA) is 21.6 Å². The van der Waals surface area contributed by atoms with Crippen molar-refractivity contribution in [2.75, 3.05) is 0 Å². The first-order valence-corrected chi connectivity index (χ1v) is 6.31. The molecular weight excluding hydrogens is 284 g/mol. The highest BCUT2D eigenvalue weighted by molar-refractivity contribution is 6.30. The summed E-state index contributed by atoms with van der Waals surface area (Å²) in [4.78, 5) is 5.10. The number of alkyl halides is 2. The summed E-state index contributed by atoms with van der Waals surface area (Å²) in [7, 11) is 0. The summed E-state index contributed by atoms with van der Waals surface area (Å²) >= 11 is 5.76. The minimum atomic E-state index is -2.49. The molecule has 0 N–H and O–H groups in total. The molecule has 0 aliphatic carbocycles. The van der Waals surface area contributed by atoms with Gasteiger partial charge in [0.1, 0.15) is 6.61 Å². The number of halogens is 3. The molecule has 0 bridgehead atoms. The quantitative estimate of drug-likeness (QED) is 0.572. The fourth-order valence-electron chi connectivity index (χ4n) is 1.57. The van der Waals surface area contributed by atoms with E-state index in [0.29, 0.717) is 17.2 Å². The maximum atomic E-state index is 12.5. The maximum Gasteiger partial charge on any atom is 0.263 e. The van der Waals surface area contributed by atoms with E-state index in [9.17, 15) is 8.78 Å². The summed E-state index contributed by atoms with van der Waals surface area (Å²) in [6.45, 7) is 0.294. The molecule has 5 heteroatoms. The average molecular weight is 296 g/mol. The van der Waals surface area contributed by atoms with Crippen molar-refractivity contribution in [2.45, 2.75) is 13.0 Å². The van der Waals surface area contributed by atoms with E-state index < -0.39 is 6.43 Å². The number of benzene rings is 2. The summed E-state index contributed by atoms with van der Waals surface area (Å²) < 4.78 is 25.0. The molecule has 0 radical (unpaired) electrons. The van der Waals surface area contributed by atoms with Crippen LogP contribution in [0.5, 0.6) is 0 Å². The van der Waals surface area contributed by atoms with Crippen LogP contribution in [0.3, 0.4) is 0 Å². The molecule has 0 heterocycles. The molecule has 20 heavy (non-hydrogen) atoms. The van der Waals surface area contributed by atoms with E-state index in [2.05, 4.69) is 5.16 Å². The van der Waals surface area contributed by atoms with E-state index in [1.165, 1.54) is 18.3 Å². The van der Waals surface area contributed by atoms with Crippen LogP contribution in [-0.2, 0) is 11.4 Å². The fourth-order valence-corrected chi connectivity index (χ4v) is 1.69. The lowest BCUT2D eigenvalue weighted by Crippen LogP contribution is -1.90. The van der Waals surface area contributed by atoms with Crippen molar-refractivity contribution in [2.24, 2.45) is 5.16 Å². The van der Waals surface area contributed by atoms with E-state index in [4.69, 9.17) is 16.4 Å². The van der Waals surface area contributed by atoms with Gasteiger partial charge >= 0.3 is 0 Å². The Morgan fingerprint density at radius 3 is 2.60 bits per heavy atom. The Balaban J connectivity index is 1.90. The second kappa shape index (κ2) is 7.01. The van der Waals surface area contributed by atoms with E-state index in [0.717, 1.165) is 5.56 Å². The first-order chi connectivity index (χ1) is 9.65. The van der Waals surface area contributed by atoms with E-state index in [1.54, 1.807) is 24.3 Å². The largest absolute Gasteiger partial charge is 0.391 e. The van der Waals surface area contributed by atoms with Crippen LogP contribution in [0, 0.1) is 0 Å². The molecule has 0 fully saturated rings. The Bertz CT molecular complexity index is 585. The molecular formula is C15H12ClF2NO. The van der Waals surface area contributed by atoms with Gasteiger partial charge in [0.05, 0.1) is 6.21 Å². The van der Waals surface area contributed by atoms with Gasteiger partial charge in [0, 0.05) is 10.6 Å². The monoisotopic (exact) mass is 295 g/mol. The van der Waals surface area contributed by atoms with Gasteiger partial charge in [-0.25, -0.2) is 8.78 Å². The van der Waals surface area contributed by atoms with Crippen LogP contribution in [0.1, 0.15) is 23.1 Å². The zero-order chi connectivity index (χ0) is 14.4. The third-order valence-corrected chi connectivity index (χ3v) is 2.84. The molecule has 2 nitrogen and oxygen atoms in total. The third-order valence-electron chi connectivity index (χ3n) is 2.58. The lowest BCUT2D eigenvalue weighted by atomic mass is 10.1. The fraction of sp³-hybridized carbons (Fsp3) is 0.133. The van der Waals surface area contributed by atoms with Gasteiger partial charge in [-0.3, -0.25) is 0 Å². The highest BCUT2D eigenvalue weighted by Gasteiger charge is 2.05. The van der Waals surface area contributed by atoms with Crippen LogP contribution < -0.4 is 0 Å². The van der Waals surface area contributed by atoms with Crippen molar-refractivity contribution in [3.8, 4) is 0 Å². The zero-order valence-corrected chi connectivity index (χ0v) is 11.2. The lowest BCUT2D eigenvalue weighted by molar-refractivity contribution is 0.132. The molecule has 2 rings (SSSR count). The predicted octanol–water partition coefficient (Wildman–Crippen LogP) is 4.83. The second-order valence-electron chi connectivity index (χ2n) is 4.11. The maximum absolute atomic E-state index is 12.5. The standard InChI is InChI=1S/C15H12ClF2NO/c16-14-6-4-11(5-7-14)10-20-19-9-12-2-1-3-13(8-12)15(17)18/h1-9,15H,10H2. The van der Waals surface area contributed by atoms with E-state index >= 15 is 0 Å². The Hall–Kier alpha value is -1.94. The highest BCUT2D eigenvalue weighted by atomic mass is 35.5. The Morgan fingerprint density at radius 2 is 1.90 bits per heavy atom. The van der Waals surface area contributed by atoms with Gasteiger partial charge in [0.2, 0.25) is 0 Å². The van der Waals surface area contributed by atoms with Crippen molar-refractivity contribution in [3.63, 3.8) is 0 Å². The normalized spacial score (nSPS) is 11.2. The highest BCUT2D eigenvalue weighted by Crippen LogP contribution is 2.18. The molecule has 2 aromatic rings. The first-order valence-electron chi connectivity index (χ1n) is 5.93. The Kier molecular flexibility index (Phi) is 5.07. The lowest BCUT2D eigenvalue weighted by Gasteiger charge is -2.01. The van der Waals surface area contributed by atoms with Crippen LogP contribution in [0.4, 0.5) is 8.78 Å². The Labute approximate surface area is 120 Å². The van der Waals surface area contributed by atoms with Gasteiger partial charge in [0.25, 0.3) is 6.43 Å². The van der Waals surface area contributed by atoms with E-state index in [-0.39, 0.29) is 5.56 Å². The molecule has 0 saturated carbocycles. The number of rotatable bonds is 5. The molecule has 0 amide bonds. The number of nitrogens with zero attached hydrogens (tertiary/aromatic N) is 1. The van der Waals surface area contributed by atoms with Crippen molar-refractivity contribution in [3.05, 3.63) is 70.2 Å². The van der Waals surface area contributed by atoms with Crippen LogP contribution in [0.15, 0.2) is 53.7 Å². The smallest absolute Gasteiger partial charge is 0.263 e. The van der Waals surface area contributed by atoms with Crippen LogP contribution in [0.2, 0.25) is 5.02 Å². The van der Waals surface area contributed by atoms with E-state index in [1.807, 2.05) is 12.1 Å². The molecule has 0 saturated heterocycles. The minimum Gasteiger partial charge on any atom is -0.391 e. The summed E-state index contributed by atoms with van der Waals surface area (Å²) in [6.07, 6.45) is -1.08. The summed E-state index contributed by atoms with van der Waals surface area (Å²) in [6, 6.07) is 13.2. The van der Waals surface area contributed by atoms with Crippen molar-refractivity contribution >= 4 is 17.8 Å². The van der Waals surface area contributed by atoms with Crippen LogP contribution in [0.25, 0.3) is 0 Å². The number of hydrogen-bond acceptors (Lipinski definition) is 2. The molecule has 0 aromatic heterocycles. The molecule has 0 unspecified atom stereocenters. The third kappa shape index (κ3) is 4.31. The molecule has 0 aliphatic heterocycles. The van der Waals surface area contributed by atoms with Crippen molar-refractivity contribution in [1.82, 2.24) is 0 Å². The summed E-state index contributed by atoms with van der Waals surface area (Å²) in [5.41, 5.74) is 1.46. The van der Waals surface area contributed by atoms with Gasteiger partial charge in [-0.1, -0.05) is 47.1 Å². The molecule has 0 spiro atoms. The summed E-state index contributed by atoms with van der Waals surface area (Å²) in [5.74, 6) is 0.